The topological polar surface area (TPSA) is 41.9 Å². The van der Waals surface area contributed by atoms with Crippen molar-refractivity contribution < 1.29 is 0 Å². The first-order chi connectivity index (χ1) is 31.7. The number of aromatic nitrogens is 3. The summed E-state index contributed by atoms with van der Waals surface area (Å²) >= 11 is 0. The molecule has 0 N–H and O–H groups in total. The highest BCUT2D eigenvalue weighted by Gasteiger charge is 2.51. The maximum atomic E-state index is 5.45. The molecule has 1 spiro atoms. The van der Waals surface area contributed by atoms with Gasteiger partial charge in [0, 0.05) is 38.7 Å². The number of hydrogen-bond donors (Lipinski definition) is 0. The van der Waals surface area contributed by atoms with Crippen molar-refractivity contribution in [2.45, 2.75) is 5.41 Å². The normalized spacial score (nSPS) is 13.1. The molecule has 1 aliphatic carbocycles. The lowest BCUT2D eigenvalue weighted by Crippen LogP contribution is -2.36. The summed E-state index contributed by atoms with van der Waals surface area (Å²) < 4.78 is 0. The fourth-order valence-electron chi connectivity index (χ4n) is 10.5. The Morgan fingerprint density at radius 3 is 1.55 bits per heavy atom. The van der Waals surface area contributed by atoms with Crippen molar-refractivity contribution in [2.24, 2.45) is 0 Å². The predicted molar refractivity (Wildman–Crippen MR) is 262 cm³/mol. The van der Waals surface area contributed by atoms with Crippen molar-refractivity contribution in [3.05, 3.63) is 253 Å². The third kappa shape index (κ3) is 5.39. The zero-order valence-corrected chi connectivity index (χ0v) is 34.7. The summed E-state index contributed by atoms with van der Waals surface area (Å²) in [7, 11) is 0. The number of anilines is 3. The van der Waals surface area contributed by atoms with E-state index in [0.29, 0.717) is 5.82 Å². The highest BCUT2D eigenvalue weighted by molar-refractivity contribution is 6.14. The number of benzene rings is 9. The standard InChI is InChI=1S/C60H38N4/c1-4-18-39(19-5-1)54-38-55(63-59(62-54)42-20-6-2-7-21-42)40-32-34-41(35-33-40)58-48-36-47-44-24-10-12-26-49(44)60(52(47)37-46(48)45-25-11-15-29-53(45)61-58)50-27-13-16-30-56(50)64(43-22-8-3-9-23-43)57-31-17-14-28-51(57)60/h1-38H. The van der Waals surface area contributed by atoms with Gasteiger partial charge >= 0.3 is 0 Å². The van der Waals surface area contributed by atoms with E-state index in [4.69, 9.17) is 15.0 Å². The Labute approximate surface area is 371 Å². The number of hydrogen-bond acceptors (Lipinski definition) is 4. The van der Waals surface area contributed by atoms with Crippen LogP contribution in [0.3, 0.4) is 0 Å². The Hall–Kier alpha value is -8.47. The van der Waals surface area contributed by atoms with Crippen LogP contribution in [0, 0.1) is 0 Å². The van der Waals surface area contributed by atoms with Gasteiger partial charge in [0.2, 0.25) is 0 Å². The molecule has 298 valence electrons. The molecule has 0 amide bonds. The summed E-state index contributed by atoms with van der Waals surface area (Å²) in [6.45, 7) is 0. The molecule has 1 aliphatic heterocycles. The van der Waals surface area contributed by atoms with Crippen molar-refractivity contribution in [1.29, 1.82) is 0 Å². The molecular weight excluding hydrogens is 777 g/mol. The van der Waals surface area contributed by atoms with E-state index in [0.717, 1.165) is 61.3 Å². The minimum atomic E-state index is -0.556. The number of fused-ring (bicyclic) bond motifs is 12. The lowest BCUT2D eigenvalue weighted by Gasteiger charge is -2.45. The fourth-order valence-corrected chi connectivity index (χ4v) is 10.5. The van der Waals surface area contributed by atoms with Crippen LogP contribution in [-0.2, 0) is 5.41 Å². The van der Waals surface area contributed by atoms with Crippen LogP contribution in [0.4, 0.5) is 17.1 Å². The number of nitrogens with zero attached hydrogens (tertiary/aromatic N) is 4. The van der Waals surface area contributed by atoms with Gasteiger partial charge < -0.3 is 4.90 Å². The molecule has 0 radical (unpaired) electrons. The van der Waals surface area contributed by atoms with Gasteiger partial charge in [0.25, 0.3) is 0 Å². The highest BCUT2D eigenvalue weighted by atomic mass is 15.2. The Morgan fingerprint density at radius 1 is 0.328 bits per heavy atom. The second-order valence-electron chi connectivity index (χ2n) is 16.7. The van der Waals surface area contributed by atoms with Crippen molar-refractivity contribution >= 4 is 38.7 Å². The molecule has 3 heterocycles. The maximum absolute atomic E-state index is 5.45. The molecule has 64 heavy (non-hydrogen) atoms. The molecular formula is C60H38N4. The summed E-state index contributed by atoms with van der Waals surface area (Å²) in [6.07, 6.45) is 0. The molecule has 0 atom stereocenters. The Morgan fingerprint density at radius 2 is 0.859 bits per heavy atom. The van der Waals surface area contributed by atoms with Gasteiger partial charge in [-0.1, -0.05) is 182 Å². The first kappa shape index (κ1) is 36.2. The van der Waals surface area contributed by atoms with Gasteiger partial charge in [-0.25, -0.2) is 15.0 Å². The van der Waals surface area contributed by atoms with E-state index in [2.05, 4.69) is 211 Å². The second-order valence-corrected chi connectivity index (χ2v) is 16.7. The van der Waals surface area contributed by atoms with E-state index in [1.165, 1.54) is 50.1 Å². The Kier molecular flexibility index (Phi) is 8.09. The fraction of sp³-hybridized carbons (Fsp3) is 0.0167. The molecule has 2 aliphatic rings. The third-order valence-corrected chi connectivity index (χ3v) is 13.3. The van der Waals surface area contributed by atoms with Crippen LogP contribution in [0.25, 0.3) is 78.0 Å². The van der Waals surface area contributed by atoms with Crippen LogP contribution in [0.2, 0.25) is 0 Å². The Balaban J connectivity index is 1.02. The average Bonchev–Trinajstić information content (AvgIpc) is 3.66. The van der Waals surface area contributed by atoms with Gasteiger partial charge in [-0.2, -0.15) is 0 Å². The van der Waals surface area contributed by atoms with E-state index in [-0.39, 0.29) is 0 Å². The van der Waals surface area contributed by atoms with Gasteiger partial charge in [-0.15, -0.1) is 0 Å². The van der Waals surface area contributed by atoms with E-state index in [1.807, 2.05) is 24.3 Å². The lowest BCUT2D eigenvalue weighted by atomic mass is 9.64. The molecule has 0 saturated heterocycles. The molecule has 4 nitrogen and oxygen atoms in total. The van der Waals surface area contributed by atoms with Crippen molar-refractivity contribution in [3.8, 4) is 56.3 Å². The lowest BCUT2D eigenvalue weighted by molar-refractivity contribution is 0.753. The SMILES string of the molecule is c1ccc(-c2cc(-c3ccc(-c4nc5ccccc5c5cc6c(cc45)-c4ccccc4C64c5ccccc5N(c5ccccc5)c5ccccc54)cc3)nc(-c3ccccc3)n2)cc1. The van der Waals surface area contributed by atoms with E-state index in [9.17, 15) is 0 Å². The van der Waals surface area contributed by atoms with Crippen molar-refractivity contribution in [3.63, 3.8) is 0 Å². The summed E-state index contributed by atoms with van der Waals surface area (Å²) in [4.78, 5) is 18.0. The van der Waals surface area contributed by atoms with Gasteiger partial charge in [0.15, 0.2) is 5.82 Å². The summed E-state index contributed by atoms with van der Waals surface area (Å²) in [5, 5.41) is 3.45. The zero-order valence-electron chi connectivity index (χ0n) is 34.7. The number of para-hydroxylation sites is 4. The Bertz CT molecular complexity index is 3500. The van der Waals surface area contributed by atoms with E-state index < -0.39 is 5.41 Å². The smallest absolute Gasteiger partial charge is 0.160 e. The molecule has 0 unspecified atom stereocenters. The van der Waals surface area contributed by atoms with Crippen LogP contribution in [0.5, 0.6) is 0 Å². The quantitative estimate of drug-likeness (QED) is 0.162. The molecule has 0 saturated carbocycles. The van der Waals surface area contributed by atoms with Crippen LogP contribution >= 0.6 is 0 Å². The van der Waals surface area contributed by atoms with Crippen LogP contribution < -0.4 is 4.90 Å². The number of rotatable bonds is 5. The van der Waals surface area contributed by atoms with E-state index >= 15 is 0 Å². The minimum absolute atomic E-state index is 0.556. The molecule has 11 aromatic rings. The molecule has 2 aromatic heterocycles. The van der Waals surface area contributed by atoms with Crippen LogP contribution in [0.1, 0.15) is 22.3 Å². The van der Waals surface area contributed by atoms with Crippen LogP contribution in [0.15, 0.2) is 231 Å². The highest BCUT2D eigenvalue weighted by Crippen LogP contribution is 2.64. The second kappa shape index (κ2) is 14.3. The monoisotopic (exact) mass is 814 g/mol. The first-order valence-electron chi connectivity index (χ1n) is 21.9. The summed E-state index contributed by atoms with van der Waals surface area (Å²) in [5.74, 6) is 0.700. The van der Waals surface area contributed by atoms with Gasteiger partial charge in [-0.05, 0) is 87.3 Å². The van der Waals surface area contributed by atoms with Gasteiger partial charge in [0.05, 0.1) is 39.4 Å². The number of pyridine rings is 1. The average molecular weight is 815 g/mol. The van der Waals surface area contributed by atoms with Gasteiger partial charge in [0.1, 0.15) is 0 Å². The summed E-state index contributed by atoms with van der Waals surface area (Å²) in [6, 6.07) is 82.7. The molecule has 9 aromatic carbocycles. The molecule has 0 fully saturated rings. The largest absolute Gasteiger partial charge is 0.310 e. The van der Waals surface area contributed by atoms with Gasteiger partial charge in [-0.3, -0.25) is 0 Å². The third-order valence-electron chi connectivity index (χ3n) is 13.3. The molecule has 0 bridgehead atoms. The van der Waals surface area contributed by atoms with Crippen molar-refractivity contribution in [1.82, 2.24) is 15.0 Å². The summed E-state index contributed by atoms with van der Waals surface area (Å²) in [5.41, 5.74) is 18.4. The zero-order chi connectivity index (χ0) is 42.2. The minimum Gasteiger partial charge on any atom is -0.310 e. The van der Waals surface area contributed by atoms with Crippen molar-refractivity contribution in [2.75, 3.05) is 4.90 Å². The maximum Gasteiger partial charge on any atom is 0.160 e. The predicted octanol–water partition coefficient (Wildman–Crippen LogP) is 15.0. The molecule has 13 rings (SSSR count). The molecule has 4 heteroatoms. The van der Waals surface area contributed by atoms with E-state index in [1.54, 1.807) is 0 Å². The first-order valence-corrected chi connectivity index (χ1v) is 21.9. The van der Waals surface area contributed by atoms with Crippen LogP contribution in [-0.4, -0.2) is 15.0 Å².